The van der Waals surface area contributed by atoms with Crippen molar-refractivity contribution in [2.75, 3.05) is 7.11 Å². The number of hydrogen-bond acceptors (Lipinski definition) is 3. The molecule has 0 spiro atoms. The summed E-state index contributed by atoms with van der Waals surface area (Å²) in [6, 6.07) is 9.56. The van der Waals surface area contributed by atoms with E-state index in [1.165, 1.54) is 12.1 Å². The monoisotopic (exact) mass is 271 g/mol. The number of halogens is 1. The second kappa shape index (κ2) is 4.94. The molecule has 102 valence electrons. The smallest absolute Gasteiger partial charge is 0.124 e. The van der Waals surface area contributed by atoms with Gasteiger partial charge >= 0.3 is 0 Å². The number of nitrogens with two attached hydrogens (primary N) is 1. The maximum absolute atomic E-state index is 13.5. The lowest BCUT2D eigenvalue weighted by atomic mass is 9.99. The van der Waals surface area contributed by atoms with Crippen LogP contribution < -0.4 is 10.5 Å². The predicted octanol–water partition coefficient (Wildman–Crippen LogP) is 2.53. The van der Waals surface area contributed by atoms with Gasteiger partial charge in [0.05, 0.1) is 24.9 Å². The fourth-order valence-electron chi connectivity index (χ4n) is 2.31. The molecule has 4 nitrogen and oxygen atoms in total. The quantitative estimate of drug-likeness (QED) is 0.796. The molecule has 0 saturated carbocycles. The molecule has 1 unspecified atom stereocenters. The molecule has 0 aliphatic heterocycles. The van der Waals surface area contributed by atoms with E-state index in [2.05, 4.69) is 5.10 Å². The summed E-state index contributed by atoms with van der Waals surface area (Å²) in [7, 11) is 1.54. The first kappa shape index (κ1) is 12.6. The van der Waals surface area contributed by atoms with E-state index in [0.717, 1.165) is 11.1 Å². The molecule has 1 aromatic carbocycles. The number of ether oxygens (including phenoxy) is 1. The molecular weight excluding hydrogens is 257 g/mol. The SMILES string of the molecule is COc1ccc(F)cc1C(N)c1cnn2ccccc12. The predicted molar refractivity (Wildman–Crippen MR) is 74.2 cm³/mol. The van der Waals surface area contributed by atoms with E-state index < -0.39 is 6.04 Å². The van der Waals surface area contributed by atoms with Crippen molar-refractivity contribution in [2.45, 2.75) is 6.04 Å². The molecule has 0 fully saturated rings. The molecule has 3 rings (SSSR count). The first-order chi connectivity index (χ1) is 9.70. The molecule has 20 heavy (non-hydrogen) atoms. The lowest BCUT2D eigenvalue weighted by Gasteiger charge is -2.15. The van der Waals surface area contributed by atoms with Crippen LogP contribution in [0.15, 0.2) is 48.8 Å². The Morgan fingerprint density at radius 1 is 1.25 bits per heavy atom. The summed E-state index contributed by atoms with van der Waals surface area (Å²) in [5.41, 5.74) is 8.60. The van der Waals surface area contributed by atoms with Gasteiger partial charge in [-0.05, 0) is 30.3 Å². The van der Waals surface area contributed by atoms with Gasteiger partial charge in [-0.2, -0.15) is 5.10 Å². The van der Waals surface area contributed by atoms with E-state index in [1.54, 1.807) is 23.9 Å². The van der Waals surface area contributed by atoms with Gasteiger partial charge in [-0.1, -0.05) is 6.07 Å². The van der Waals surface area contributed by atoms with Crippen LogP contribution in [0.2, 0.25) is 0 Å². The maximum atomic E-state index is 13.5. The van der Waals surface area contributed by atoms with E-state index >= 15 is 0 Å². The van der Waals surface area contributed by atoms with Gasteiger partial charge in [-0.15, -0.1) is 0 Å². The van der Waals surface area contributed by atoms with Gasteiger partial charge in [0.15, 0.2) is 0 Å². The van der Waals surface area contributed by atoms with Gasteiger partial charge in [0.2, 0.25) is 0 Å². The van der Waals surface area contributed by atoms with E-state index in [0.29, 0.717) is 11.3 Å². The number of aromatic nitrogens is 2. The van der Waals surface area contributed by atoms with Crippen LogP contribution in [0.1, 0.15) is 17.2 Å². The van der Waals surface area contributed by atoms with Crippen LogP contribution in [0.25, 0.3) is 5.52 Å². The fraction of sp³-hybridized carbons (Fsp3) is 0.133. The highest BCUT2D eigenvalue weighted by atomic mass is 19.1. The Labute approximate surface area is 115 Å². The minimum atomic E-state index is -0.499. The normalized spacial score (nSPS) is 12.6. The van der Waals surface area contributed by atoms with Crippen LogP contribution in [0.4, 0.5) is 4.39 Å². The van der Waals surface area contributed by atoms with Gasteiger partial charge in [0.25, 0.3) is 0 Å². The Balaban J connectivity index is 2.13. The Bertz CT molecular complexity index is 754. The number of rotatable bonds is 3. The summed E-state index contributed by atoms with van der Waals surface area (Å²) in [6.07, 6.45) is 3.54. The molecule has 0 bridgehead atoms. The average Bonchev–Trinajstić information content (AvgIpc) is 2.90. The van der Waals surface area contributed by atoms with Crippen molar-refractivity contribution in [2.24, 2.45) is 5.73 Å². The molecule has 0 aliphatic carbocycles. The molecule has 0 radical (unpaired) electrons. The van der Waals surface area contributed by atoms with Crippen molar-refractivity contribution in [1.82, 2.24) is 9.61 Å². The zero-order valence-corrected chi connectivity index (χ0v) is 11.0. The molecule has 1 atom stereocenters. The summed E-state index contributed by atoms with van der Waals surface area (Å²) in [5, 5.41) is 4.25. The van der Waals surface area contributed by atoms with E-state index in [4.69, 9.17) is 10.5 Å². The largest absolute Gasteiger partial charge is 0.496 e. The minimum absolute atomic E-state index is 0.340. The second-order valence-corrected chi connectivity index (χ2v) is 4.49. The van der Waals surface area contributed by atoms with Crippen LogP contribution in [0.3, 0.4) is 0 Å². The summed E-state index contributed by atoms with van der Waals surface area (Å²) in [4.78, 5) is 0. The number of methoxy groups -OCH3 is 1. The fourth-order valence-corrected chi connectivity index (χ4v) is 2.31. The van der Waals surface area contributed by atoms with Crippen LogP contribution in [0, 0.1) is 5.82 Å². The summed E-state index contributed by atoms with van der Waals surface area (Å²) in [5.74, 6) is 0.224. The van der Waals surface area contributed by atoms with Crippen molar-refractivity contribution in [3.63, 3.8) is 0 Å². The molecule has 0 saturated heterocycles. The second-order valence-electron chi connectivity index (χ2n) is 4.49. The van der Waals surface area contributed by atoms with Crippen molar-refractivity contribution in [1.29, 1.82) is 0 Å². The van der Waals surface area contributed by atoms with E-state index in [-0.39, 0.29) is 5.82 Å². The molecule has 5 heteroatoms. The van der Waals surface area contributed by atoms with Crippen LogP contribution in [-0.4, -0.2) is 16.7 Å². The van der Waals surface area contributed by atoms with E-state index in [9.17, 15) is 4.39 Å². The molecular formula is C15H14FN3O. The zero-order chi connectivity index (χ0) is 14.1. The third-order valence-electron chi connectivity index (χ3n) is 3.32. The Kier molecular flexibility index (Phi) is 3.12. The Hall–Kier alpha value is -2.40. The molecule has 2 heterocycles. The number of hydrogen-bond donors (Lipinski definition) is 1. The third-order valence-corrected chi connectivity index (χ3v) is 3.32. The highest BCUT2D eigenvalue weighted by Crippen LogP contribution is 2.30. The lowest BCUT2D eigenvalue weighted by Crippen LogP contribution is -2.13. The molecule has 0 amide bonds. The summed E-state index contributed by atoms with van der Waals surface area (Å²) >= 11 is 0. The third kappa shape index (κ3) is 2.02. The molecule has 2 aromatic heterocycles. The number of benzene rings is 1. The first-order valence-corrected chi connectivity index (χ1v) is 6.22. The summed E-state index contributed by atoms with van der Waals surface area (Å²) < 4.78 is 20.5. The van der Waals surface area contributed by atoms with Gasteiger partial charge in [-0.25, -0.2) is 8.91 Å². The van der Waals surface area contributed by atoms with Gasteiger partial charge in [0.1, 0.15) is 11.6 Å². The number of pyridine rings is 1. The summed E-state index contributed by atoms with van der Waals surface area (Å²) in [6.45, 7) is 0. The van der Waals surface area contributed by atoms with Crippen LogP contribution in [-0.2, 0) is 0 Å². The molecule has 2 N–H and O–H groups in total. The van der Waals surface area contributed by atoms with Crippen LogP contribution in [0.5, 0.6) is 5.75 Å². The van der Waals surface area contributed by atoms with Gasteiger partial charge in [0, 0.05) is 17.3 Å². The molecule has 0 aliphatic rings. The number of fused-ring (bicyclic) bond motifs is 1. The highest BCUT2D eigenvalue weighted by Gasteiger charge is 2.18. The van der Waals surface area contributed by atoms with Crippen molar-refractivity contribution in [3.8, 4) is 5.75 Å². The minimum Gasteiger partial charge on any atom is -0.496 e. The standard InChI is InChI=1S/C15H14FN3O/c1-20-14-6-5-10(16)8-11(14)15(17)12-9-18-19-7-3-2-4-13(12)19/h2-9,15H,17H2,1H3. The van der Waals surface area contributed by atoms with Crippen molar-refractivity contribution in [3.05, 3.63) is 65.7 Å². The van der Waals surface area contributed by atoms with Gasteiger partial charge < -0.3 is 10.5 Å². The molecule has 3 aromatic rings. The lowest BCUT2D eigenvalue weighted by molar-refractivity contribution is 0.406. The van der Waals surface area contributed by atoms with Crippen molar-refractivity contribution < 1.29 is 9.13 Å². The topological polar surface area (TPSA) is 52.5 Å². The first-order valence-electron chi connectivity index (χ1n) is 6.22. The number of nitrogens with zero attached hydrogens (tertiary/aromatic N) is 2. The maximum Gasteiger partial charge on any atom is 0.124 e. The Morgan fingerprint density at radius 3 is 2.90 bits per heavy atom. The highest BCUT2D eigenvalue weighted by molar-refractivity contribution is 5.58. The van der Waals surface area contributed by atoms with Crippen LogP contribution >= 0.6 is 0 Å². The van der Waals surface area contributed by atoms with E-state index in [1.807, 2.05) is 24.4 Å². The Morgan fingerprint density at radius 2 is 2.10 bits per heavy atom. The zero-order valence-electron chi connectivity index (χ0n) is 11.0. The average molecular weight is 271 g/mol. The van der Waals surface area contributed by atoms with Gasteiger partial charge in [-0.3, -0.25) is 0 Å². The van der Waals surface area contributed by atoms with Crippen molar-refractivity contribution >= 4 is 5.52 Å².